The second-order valence-electron chi connectivity index (χ2n) is 7.37. The number of benzene rings is 1. The minimum atomic E-state index is -0.204. The molecule has 4 fully saturated rings. The van der Waals surface area contributed by atoms with Gasteiger partial charge in [-0.15, -0.1) is 0 Å². The highest BCUT2D eigenvalue weighted by atomic mass is 35.5. The van der Waals surface area contributed by atoms with Crippen LogP contribution in [0.5, 0.6) is 0 Å². The van der Waals surface area contributed by atoms with Crippen molar-refractivity contribution < 1.29 is 5.11 Å². The van der Waals surface area contributed by atoms with Crippen LogP contribution in [0.25, 0.3) is 0 Å². The van der Waals surface area contributed by atoms with Crippen molar-refractivity contribution in [1.29, 1.82) is 0 Å². The summed E-state index contributed by atoms with van der Waals surface area (Å²) < 4.78 is 0. The molecule has 0 aromatic heterocycles. The lowest BCUT2D eigenvalue weighted by molar-refractivity contribution is -0.0887. The third-order valence-corrected chi connectivity index (χ3v) is 6.50. The Bertz CT molecular complexity index is 470. The summed E-state index contributed by atoms with van der Waals surface area (Å²) in [5.41, 5.74) is 1.11. The van der Waals surface area contributed by atoms with E-state index >= 15 is 0 Å². The Morgan fingerprint density at radius 1 is 1.00 bits per heavy atom. The fourth-order valence-electron chi connectivity index (χ4n) is 5.62. The van der Waals surface area contributed by atoms with Gasteiger partial charge < -0.3 is 5.11 Å². The second-order valence-corrected chi connectivity index (χ2v) is 7.78. The summed E-state index contributed by atoms with van der Waals surface area (Å²) in [6.07, 6.45) is 7.49. The lowest BCUT2D eigenvalue weighted by Crippen LogP contribution is -2.49. The number of aliphatic hydroxyl groups excluding tert-OH is 1. The maximum atomic E-state index is 10.8. The maximum Gasteiger partial charge on any atom is 0.0614 e. The van der Waals surface area contributed by atoms with E-state index in [-0.39, 0.29) is 6.10 Å². The van der Waals surface area contributed by atoms with E-state index in [1.54, 1.807) is 0 Å². The van der Waals surface area contributed by atoms with Crippen molar-refractivity contribution in [3.63, 3.8) is 0 Å². The molecule has 0 spiro atoms. The molecule has 4 saturated carbocycles. The zero-order valence-corrected chi connectivity index (χ0v) is 12.6. The van der Waals surface area contributed by atoms with Crippen molar-refractivity contribution in [1.82, 2.24) is 0 Å². The van der Waals surface area contributed by atoms with Crippen LogP contribution in [0.4, 0.5) is 0 Å². The van der Waals surface area contributed by atoms with Crippen molar-refractivity contribution in [3.05, 3.63) is 34.9 Å². The van der Waals surface area contributed by atoms with Crippen LogP contribution in [-0.4, -0.2) is 11.2 Å². The van der Waals surface area contributed by atoms with Gasteiger partial charge >= 0.3 is 0 Å². The molecule has 4 aliphatic rings. The molecule has 1 aromatic rings. The molecular formula is C18H23ClO. The largest absolute Gasteiger partial charge is 0.392 e. The summed E-state index contributed by atoms with van der Waals surface area (Å²) >= 11 is 6.25. The minimum Gasteiger partial charge on any atom is -0.392 e. The Labute approximate surface area is 126 Å². The second kappa shape index (κ2) is 5.03. The number of hydrogen-bond donors (Lipinski definition) is 1. The van der Waals surface area contributed by atoms with Crippen LogP contribution >= 0.6 is 11.6 Å². The fourth-order valence-corrected chi connectivity index (χ4v) is 5.83. The first-order chi connectivity index (χ1) is 9.70. The van der Waals surface area contributed by atoms with Crippen LogP contribution in [0.3, 0.4) is 0 Å². The van der Waals surface area contributed by atoms with Crippen LogP contribution in [0, 0.1) is 29.6 Å². The number of aliphatic hydroxyl groups is 1. The van der Waals surface area contributed by atoms with Gasteiger partial charge in [0.2, 0.25) is 0 Å². The van der Waals surface area contributed by atoms with Crippen molar-refractivity contribution in [3.8, 4) is 0 Å². The smallest absolute Gasteiger partial charge is 0.0614 e. The zero-order chi connectivity index (χ0) is 13.7. The van der Waals surface area contributed by atoms with Gasteiger partial charge in [-0.3, -0.25) is 0 Å². The third kappa shape index (κ3) is 2.19. The molecule has 1 aromatic carbocycles. The molecule has 0 saturated heterocycles. The molecule has 2 heteroatoms. The van der Waals surface area contributed by atoms with Crippen LogP contribution in [-0.2, 0) is 6.42 Å². The molecule has 1 unspecified atom stereocenters. The Hall–Kier alpha value is -0.530. The predicted molar refractivity (Wildman–Crippen MR) is 81.7 cm³/mol. The summed E-state index contributed by atoms with van der Waals surface area (Å²) in [5, 5.41) is 11.6. The normalized spacial score (nSPS) is 40.0. The molecule has 0 radical (unpaired) electrons. The first-order valence-electron chi connectivity index (χ1n) is 8.12. The molecule has 5 rings (SSSR count). The maximum absolute atomic E-state index is 10.8. The van der Waals surface area contributed by atoms with Gasteiger partial charge in [-0.05, 0) is 73.3 Å². The van der Waals surface area contributed by atoms with E-state index in [9.17, 15) is 5.11 Å². The van der Waals surface area contributed by atoms with E-state index in [4.69, 9.17) is 11.6 Å². The molecule has 1 nitrogen and oxygen atoms in total. The molecule has 20 heavy (non-hydrogen) atoms. The van der Waals surface area contributed by atoms with Crippen molar-refractivity contribution in [2.24, 2.45) is 29.6 Å². The van der Waals surface area contributed by atoms with Gasteiger partial charge in [0, 0.05) is 11.4 Å². The van der Waals surface area contributed by atoms with E-state index < -0.39 is 0 Å². The van der Waals surface area contributed by atoms with E-state index in [0.717, 1.165) is 40.7 Å². The zero-order valence-electron chi connectivity index (χ0n) is 11.8. The van der Waals surface area contributed by atoms with E-state index in [1.165, 1.54) is 32.1 Å². The van der Waals surface area contributed by atoms with Crippen LogP contribution in [0.2, 0.25) is 5.02 Å². The molecule has 108 valence electrons. The van der Waals surface area contributed by atoms with E-state index in [1.807, 2.05) is 18.2 Å². The molecule has 4 bridgehead atoms. The topological polar surface area (TPSA) is 20.2 Å². The highest BCUT2D eigenvalue weighted by Gasteiger charge is 2.50. The van der Waals surface area contributed by atoms with Gasteiger partial charge in [0.1, 0.15) is 0 Å². The van der Waals surface area contributed by atoms with Crippen LogP contribution in [0.15, 0.2) is 24.3 Å². The van der Waals surface area contributed by atoms with Crippen molar-refractivity contribution in [2.75, 3.05) is 0 Å². The molecule has 0 amide bonds. The van der Waals surface area contributed by atoms with Gasteiger partial charge in [0.25, 0.3) is 0 Å². The van der Waals surface area contributed by atoms with Crippen LogP contribution < -0.4 is 0 Å². The van der Waals surface area contributed by atoms with Crippen molar-refractivity contribution >= 4 is 11.6 Å². The van der Waals surface area contributed by atoms with Gasteiger partial charge in [0.05, 0.1) is 6.10 Å². The lowest BCUT2D eigenvalue weighted by Gasteiger charge is -2.55. The highest BCUT2D eigenvalue weighted by Crippen LogP contribution is 2.57. The van der Waals surface area contributed by atoms with Gasteiger partial charge in [0.15, 0.2) is 0 Å². The molecule has 0 aliphatic heterocycles. The summed E-state index contributed by atoms with van der Waals surface area (Å²) in [5.74, 6) is 4.04. The molecule has 0 heterocycles. The quantitative estimate of drug-likeness (QED) is 0.879. The van der Waals surface area contributed by atoms with Crippen LogP contribution in [0.1, 0.15) is 37.7 Å². The summed E-state index contributed by atoms with van der Waals surface area (Å²) in [7, 11) is 0. The highest BCUT2D eigenvalue weighted by molar-refractivity contribution is 6.31. The Morgan fingerprint density at radius 3 is 2.20 bits per heavy atom. The number of hydrogen-bond acceptors (Lipinski definition) is 1. The third-order valence-electron chi connectivity index (χ3n) is 6.13. The molecule has 1 atom stereocenters. The molecule has 4 aliphatic carbocycles. The Balaban J connectivity index is 1.51. The standard InChI is InChI=1S/C18H23ClO/c19-16-4-2-1-3-13(16)10-17(20)18-14-6-11-5-12(8-14)9-15(18)7-11/h1-4,11-12,14-15,17-18,20H,5-10H2. The van der Waals surface area contributed by atoms with E-state index in [2.05, 4.69) is 6.07 Å². The Kier molecular flexibility index (Phi) is 3.31. The van der Waals surface area contributed by atoms with Gasteiger partial charge in [-0.1, -0.05) is 29.8 Å². The summed E-state index contributed by atoms with van der Waals surface area (Å²) in [6.45, 7) is 0. The first kappa shape index (κ1) is 13.2. The van der Waals surface area contributed by atoms with Gasteiger partial charge in [-0.25, -0.2) is 0 Å². The Morgan fingerprint density at radius 2 is 1.60 bits per heavy atom. The van der Waals surface area contributed by atoms with Crippen molar-refractivity contribution in [2.45, 2.75) is 44.6 Å². The monoisotopic (exact) mass is 290 g/mol. The summed E-state index contributed by atoms with van der Waals surface area (Å²) in [4.78, 5) is 0. The first-order valence-corrected chi connectivity index (χ1v) is 8.50. The lowest BCUT2D eigenvalue weighted by atomic mass is 9.50. The predicted octanol–water partition coefficient (Wildman–Crippen LogP) is 4.32. The number of rotatable bonds is 3. The number of halogens is 1. The van der Waals surface area contributed by atoms with E-state index in [0.29, 0.717) is 5.92 Å². The fraction of sp³-hybridized carbons (Fsp3) is 0.667. The molecule has 1 N–H and O–H groups in total. The average molecular weight is 291 g/mol. The summed E-state index contributed by atoms with van der Waals surface area (Å²) in [6, 6.07) is 7.97. The SMILES string of the molecule is OC(Cc1ccccc1Cl)C1C2CC3CC(C2)CC1C3. The molecular weight excluding hydrogens is 268 g/mol. The average Bonchev–Trinajstić information content (AvgIpc) is 2.40. The van der Waals surface area contributed by atoms with Gasteiger partial charge in [-0.2, -0.15) is 0 Å². The minimum absolute atomic E-state index is 0.204.